The molecule has 2 heterocycles. The van der Waals surface area contributed by atoms with Crippen LogP contribution in [0.5, 0.6) is 0 Å². The molecule has 1 N–H and O–H groups in total. The smallest absolute Gasteiger partial charge is 0.312 e. The van der Waals surface area contributed by atoms with Gasteiger partial charge in [0.25, 0.3) is 0 Å². The van der Waals surface area contributed by atoms with Gasteiger partial charge in [-0.1, -0.05) is 0 Å². The molecule has 0 bridgehead atoms. The number of aliphatic carboxylic acids is 1. The summed E-state index contributed by atoms with van der Waals surface area (Å²) < 4.78 is 5.19. The van der Waals surface area contributed by atoms with Gasteiger partial charge in [0.2, 0.25) is 0 Å². The van der Waals surface area contributed by atoms with E-state index in [9.17, 15) is 9.90 Å². The van der Waals surface area contributed by atoms with Crippen molar-refractivity contribution in [1.29, 1.82) is 0 Å². The van der Waals surface area contributed by atoms with Crippen LogP contribution in [-0.2, 0) is 16.0 Å². The molecule has 1 unspecified atom stereocenters. The van der Waals surface area contributed by atoms with Crippen molar-refractivity contribution in [3.63, 3.8) is 0 Å². The molecule has 1 fully saturated rings. The van der Waals surface area contributed by atoms with Crippen molar-refractivity contribution < 1.29 is 14.6 Å². The SMILES string of the molecule is O=C(O)C1(Cc2ccsc2)CCOC1. The fraction of sp³-hybridized carbons (Fsp3) is 0.500. The van der Waals surface area contributed by atoms with Crippen molar-refractivity contribution in [2.45, 2.75) is 12.8 Å². The number of carboxylic acids is 1. The molecular weight excluding hydrogens is 200 g/mol. The molecule has 4 heteroatoms. The van der Waals surface area contributed by atoms with E-state index in [1.165, 1.54) is 0 Å². The summed E-state index contributed by atoms with van der Waals surface area (Å²) in [7, 11) is 0. The molecule has 0 aromatic carbocycles. The number of carbonyl (C=O) groups is 1. The van der Waals surface area contributed by atoms with Gasteiger partial charge in [-0.05, 0) is 35.2 Å². The third-order valence-electron chi connectivity index (χ3n) is 2.68. The maximum atomic E-state index is 11.2. The third kappa shape index (κ3) is 1.67. The van der Waals surface area contributed by atoms with Crippen LogP contribution >= 0.6 is 11.3 Å². The highest BCUT2D eigenvalue weighted by atomic mass is 32.1. The lowest BCUT2D eigenvalue weighted by Crippen LogP contribution is -2.33. The quantitative estimate of drug-likeness (QED) is 0.830. The predicted molar refractivity (Wildman–Crippen MR) is 53.5 cm³/mol. The van der Waals surface area contributed by atoms with Gasteiger partial charge in [0.15, 0.2) is 0 Å². The number of rotatable bonds is 3. The zero-order valence-corrected chi connectivity index (χ0v) is 8.55. The van der Waals surface area contributed by atoms with E-state index in [2.05, 4.69) is 0 Å². The van der Waals surface area contributed by atoms with E-state index in [1.807, 2.05) is 16.8 Å². The maximum absolute atomic E-state index is 11.2. The van der Waals surface area contributed by atoms with Gasteiger partial charge < -0.3 is 9.84 Å². The highest BCUT2D eigenvalue weighted by Gasteiger charge is 2.42. The third-order valence-corrected chi connectivity index (χ3v) is 3.41. The van der Waals surface area contributed by atoms with Crippen LogP contribution in [0.25, 0.3) is 0 Å². The molecule has 0 aliphatic carbocycles. The van der Waals surface area contributed by atoms with Gasteiger partial charge in [-0.3, -0.25) is 4.79 Å². The molecule has 0 saturated carbocycles. The first-order valence-corrected chi connectivity index (χ1v) is 5.49. The molecule has 3 nitrogen and oxygen atoms in total. The van der Waals surface area contributed by atoms with Crippen LogP contribution in [0.4, 0.5) is 0 Å². The molecule has 1 aromatic rings. The number of thiophene rings is 1. The second-order valence-electron chi connectivity index (χ2n) is 3.70. The fourth-order valence-corrected chi connectivity index (χ4v) is 2.44. The molecular formula is C10H12O3S. The van der Waals surface area contributed by atoms with Gasteiger partial charge in [0.05, 0.1) is 12.0 Å². The van der Waals surface area contributed by atoms with E-state index in [0.717, 1.165) is 5.56 Å². The van der Waals surface area contributed by atoms with Gasteiger partial charge in [-0.2, -0.15) is 11.3 Å². The molecule has 1 aliphatic rings. The summed E-state index contributed by atoms with van der Waals surface area (Å²) in [5.74, 6) is -0.735. The summed E-state index contributed by atoms with van der Waals surface area (Å²) in [5.41, 5.74) is 0.420. The monoisotopic (exact) mass is 212 g/mol. The Hall–Kier alpha value is -0.870. The Labute approximate surface area is 86.3 Å². The number of hydrogen-bond donors (Lipinski definition) is 1. The zero-order valence-electron chi connectivity index (χ0n) is 7.73. The van der Waals surface area contributed by atoms with Crippen molar-refractivity contribution in [3.8, 4) is 0 Å². The molecule has 1 aromatic heterocycles. The van der Waals surface area contributed by atoms with Crippen LogP contribution in [0, 0.1) is 5.41 Å². The van der Waals surface area contributed by atoms with E-state index in [4.69, 9.17) is 4.74 Å². The lowest BCUT2D eigenvalue weighted by molar-refractivity contribution is -0.148. The Kier molecular flexibility index (Phi) is 2.56. The van der Waals surface area contributed by atoms with Crippen LogP contribution < -0.4 is 0 Å². The highest BCUT2D eigenvalue weighted by Crippen LogP contribution is 2.33. The Balaban J connectivity index is 2.16. The van der Waals surface area contributed by atoms with Gasteiger partial charge in [-0.25, -0.2) is 0 Å². The average molecular weight is 212 g/mol. The molecule has 1 saturated heterocycles. The molecule has 2 rings (SSSR count). The molecule has 1 atom stereocenters. The lowest BCUT2D eigenvalue weighted by Gasteiger charge is -2.20. The van der Waals surface area contributed by atoms with Crippen LogP contribution in [-0.4, -0.2) is 24.3 Å². The minimum absolute atomic E-state index is 0.345. The normalized spacial score (nSPS) is 26.6. The average Bonchev–Trinajstić information content (AvgIpc) is 2.76. The maximum Gasteiger partial charge on any atom is 0.312 e. The minimum Gasteiger partial charge on any atom is -0.481 e. The van der Waals surface area contributed by atoms with Gasteiger partial charge in [0.1, 0.15) is 0 Å². The van der Waals surface area contributed by atoms with Gasteiger partial charge >= 0.3 is 5.97 Å². The Morgan fingerprint density at radius 1 is 1.71 bits per heavy atom. The van der Waals surface area contributed by atoms with Crippen LogP contribution in [0.1, 0.15) is 12.0 Å². The number of ether oxygens (including phenoxy) is 1. The van der Waals surface area contributed by atoms with Crippen molar-refractivity contribution >= 4 is 17.3 Å². The van der Waals surface area contributed by atoms with E-state index >= 15 is 0 Å². The van der Waals surface area contributed by atoms with Crippen molar-refractivity contribution in [2.75, 3.05) is 13.2 Å². The van der Waals surface area contributed by atoms with Crippen molar-refractivity contribution in [1.82, 2.24) is 0 Å². The molecule has 1 aliphatic heterocycles. The second kappa shape index (κ2) is 3.71. The van der Waals surface area contributed by atoms with Gasteiger partial charge in [-0.15, -0.1) is 0 Å². The van der Waals surface area contributed by atoms with Gasteiger partial charge in [0, 0.05) is 6.61 Å². The largest absolute Gasteiger partial charge is 0.481 e. The van der Waals surface area contributed by atoms with Crippen LogP contribution in [0.15, 0.2) is 16.8 Å². The fourth-order valence-electron chi connectivity index (χ4n) is 1.77. The highest BCUT2D eigenvalue weighted by molar-refractivity contribution is 7.07. The predicted octanol–water partition coefficient (Wildman–Crippen LogP) is 1.78. The summed E-state index contributed by atoms with van der Waals surface area (Å²) >= 11 is 1.60. The summed E-state index contributed by atoms with van der Waals surface area (Å²) in [6.07, 6.45) is 1.21. The standard InChI is InChI=1S/C10H12O3S/c11-9(12)10(2-3-13-7-10)5-8-1-4-14-6-8/h1,4,6H,2-3,5,7H2,(H,11,12). The van der Waals surface area contributed by atoms with Crippen molar-refractivity contribution in [3.05, 3.63) is 22.4 Å². The lowest BCUT2D eigenvalue weighted by atomic mass is 9.82. The van der Waals surface area contributed by atoms with Crippen molar-refractivity contribution in [2.24, 2.45) is 5.41 Å². The first kappa shape index (κ1) is 9.68. The zero-order chi connectivity index (χ0) is 10.0. The minimum atomic E-state index is -0.735. The Morgan fingerprint density at radius 3 is 3.07 bits per heavy atom. The Morgan fingerprint density at radius 2 is 2.57 bits per heavy atom. The Bertz CT molecular complexity index is 312. The van der Waals surface area contributed by atoms with E-state index in [0.29, 0.717) is 26.1 Å². The number of carboxylic acid groups (broad SMARTS) is 1. The van der Waals surface area contributed by atoms with Crippen LogP contribution in [0.2, 0.25) is 0 Å². The first-order valence-electron chi connectivity index (χ1n) is 4.55. The summed E-state index contributed by atoms with van der Waals surface area (Å²) in [6.45, 7) is 0.911. The molecule has 14 heavy (non-hydrogen) atoms. The molecule has 0 spiro atoms. The summed E-state index contributed by atoms with van der Waals surface area (Å²) in [5, 5.41) is 13.2. The van der Waals surface area contributed by atoms with Crippen LogP contribution in [0.3, 0.4) is 0 Å². The molecule has 0 amide bonds. The second-order valence-corrected chi connectivity index (χ2v) is 4.48. The number of hydrogen-bond acceptors (Lipinski definition) is 3. The topological polar surface area (TPSA) is 46.5 Å². The molecule has 0 radical (unpaired) electrons. The molecule has 76 valence electrons. The summed E-state index contributed by atoms with van der Waals surface area (Å²) in [4.78, 5) is 11.2. The van der Waals surface area contributed by atoms with E-state index in [-0.39, 0.29) is 0 Å². The first-order chi connectivity index (χ1) is 6.73. The summed E-state index contributed by atoms with van der Waals surface area (Å²) in [6, 6.07) is 1.98. The van der Waals surface area contributed by atoms with E-state index < -0.39 is 11.4 Å². The van der Waals surface area contributed by atoms with E-state index in [1.54, 1.807) is 11.3 Å².